The molecule has 126 valence electrons. The van der Waals surface area contributed by atoms with E-state index in [2.05, 4.69) is 10.3 Å². The van der Waals surface area contributed by atoms with Gasteiger partial charge in [-0.15, -0.1) is 0 Å². The first kappa shape index (κ1) is 17.0. The van der Waals surface area contributed by atoms with Crippen molar-refractivity contribution in [3.8, 4) is 11.5 Å². The molecule has 0 spiro atoms. The van der Waals surface area contributed by atoms with E-state index in [9.17, 15) is 4.79 Å². The smallest absolute Gasteiger partial charge is 0.234 e. The van der Waals surface area contributed by atoms with Crippen LogP contribution in [0.3, 0.4) is 0 Å². The molecule has 0 aliphatic carbocycles. The number of ether oxygens (including phenoxy) is 1. The van der Waals surface area contributed by atoms with Gasteiger partial charge in [0.1, 0.15) is 11.5 Å². The lowest BCUT2D eigenvalue weighted by Gasteiger charge is -2.08. The standard InChI is InChI=1S/C20H18N2O2S/c1-15-5-4-6-18(13-15)24-17-10-8-16(9-11-17)22-19(23)14-25-20-7-2-3-12-21-20/h2-13H,14H2,1H3,(H,22,23). The summed E-state index contributed by atoms with van der Waals surface area (Å²) in [5, 5.41) is 3.70. The Morgan fingerprint density at radius 2 is 1.88 bits per heavy atom. The van der Waals surface area contributed by atoms with Crippen LogP contribution in [0, 0.1) is 6.92 Å². The van der Waals surface area contributed by atoms with E-state index in [0.717, 1.165) is 27.8 Å². The average Bonchev–Trinajstić information content (AvgIpc) is 2.63. The van der Waals surface area contributed by atoms with E-state index in [4.69, 9.17) is 4.74 Å². The summed E-state index contributed by atoms with van der Waals surface area (Å²) in [5.74, 6) is 1.77. The molecule has 4 nitrogen and oxygen atoms in total. The van der Waals surface area contributed by atoms with Gasteiger partial charge in [-0.1, -0.05) is 30.0 Å². The van der Waals surface area contributed by atoms with Crippen molar-refractivity contribution in [2.45, 2.75) is 11.9 Å². The molecule has 0 saturated carbocycles. The van der Waals surface area contributed by atoms with Crippen LogP contribution in [0.1, 0.15) is 5.56 Å². The van der Waals surface area contributed by atoms with Gasteiger partial charge in [0.15, 0.2) is 0 Å². The topological polar surface area (TPSA) is 51.2 Å². The summed E-state index contributed by atoms with van der Waals surface area (Å²) in [4.78, 5) is 16.2. The van der Waals surface area contributed by atoms with E-state index in [1.807, 2.05) is 73.7 Å². The van der Waals surface area contributed by atoms with Gasteiger partial charge in [-0.2, -0.15) is 0 Å². The first-order valence-electron chi connectivity index (χ1n) is 7.87. The molecular formula is C20H18N2O2S. The molecule has 1 amide bonds. The summed E-state index contributed by atoms with van der Waals surface area (Å²) >= 11 is 1.41. The Morgan fingerprint density at radius 1 is 1.04 bits per heavy atom. The fourth-order valence-corrected chi connectivity index (χ4v) is 2.85. The van der Waals surface area contributed by atoms with Gasteiger partial charge >= 0.3 is 0 Å². The minimum absolute atomic E-state index is 0.0667. The monoisotopic (exact) mass is 350 g/mol. The number of aryl methyl sites for hydroxylation is 1. The minimum Gasteiger partial charge on any atom is -0.457 e. The molecule has 0 radical (unpaired) electrons. The summed E-state index contributed by atoms with van der Waals surface area (Å²) in [6.45, 7) is 2.02. The number of pyridine rings is 1. The maximum atomic E-state index is 12.0. The van der Waals surface area contributed by atoms with Crippen molar-refractivity contribution in [2.24, 2.45) is 0 Å². The molecule has 0 fully saturated rings. The number of benzene rings is 2. The molecule has 25 heavy (non-hydrogen) atoms. The molecule has 2 aromatic carbocycles. The first-order valence-corrected chi connectivity index (χ1v) is 8.86. The normalized spacial score (nSPS) is 10.3. The van der Waals surface area contributed by atoms with E-state index in [1.165, 1.54) is 11.8 Å². The molecule has 3 aromatic rings. The van der Waals surface area contributed by atoms with Crippen molar-refractivity contribution in [1.82, 2.24) is 4.98 Å². The first-order chi connectivity index (χ1) is 12.2. The van der Waals surface area contributed by atoms with Gasteiger partial charge in [0.05, 0.1) is 10.8 Å². The third kappa shape index (κ3) is 5.36. The van der Waals surface area contributed by atoms with Crippen LogP contribution in [0.25, 0.3) is 0 Å². The zero-order valence-electron chi connectivity index (χ0n) is 13.8. The Kier molecular flexibility index (Phi) is 5.69. The number of nitrogens with zero attached hydrogens (tertiary/aromatic N) is 1. The Labute approximate surface area is 151 Å². The molecule has 1 N–H and O–H groups in total. The third-order valence-electron chi connectivity index (χ3n) is 3.35. The maximum Gasteiger partial charge on any atom is 0.234 e. The summed E-state index contributed by atoms with van der Waals surface area (Å²) in [6, 6.07) is 20.8. The molecule has 3 rings (SSSR count). The number of hydrogen-bond acceptors (Lipinski definition) is 4. The number of aromatic nitrogens is 1. The van der Waals surface area contributed by atoms with Crippen LogP contribution in [0.5, 0.6) is 11.5 Å². The van der Waals surface area contributed by atoms with Crippen molar-refractivity contribution >= 4 is 23.4 Å². The van der Waals surface area contributed by atoms with Crippen LogP contribution in [0.2, 0.25) is 0 Å². The lowest BCUT2D eigenvalue weighted by molar-refractivity contribution is -0.113. The van der Waals surface area contributed by atoms with E-state index < -0.39 is 0 Å². The second-order valence-corrected chi connectivity index (χ2v) is 6.44. The van der Waals surface area contributed by atoms with Gasteiger partial charge in [-0.25, -0.2) is 4.98 Å². The molecule has 0 unspecified atom stereocenters. The molecule has 0 bridgehead atoms. The zero-order chi connectivity index (χ0) is 17.5. The van der Waals surface area contributed by atoms with Gasteiger partial charge in [0, 0.05) is 11.9 Å². The SMILES string of the molecule is Cc1cccc(Oc2ccc(NC(=O)CSc3ccccn3)cc2)c1. The maximum absolute atomic E-state index is 12.0. The molecule has 0 aliphatic heterocycles. The fraction of sp³-hybridized carbons (Fsp3) is 0.100. The average molecular weight is 350 g/mol. The number of carbonyl (C=O) groups is 1. The summed E-state index contributed by atoms with van der Waals surface area (Å²) < 4.78 is 5.80. The van der Waals surface area contributed by atoms with Crippen molar-refractivity contribution in [3.05, 3.63) is 78.5 Å². The minimum atomic E-state index is -0.0667. The molecule has 0 saturated heterocycles. The van der Waals surface area contributed by atoms with Gasteiger partial charge in [-0.3, -0.25) is 4.79 Å². The van der Waals surface area contributed by atoms with Gasteiger partial charge in [0.2, 0.25) is 5.91 Å². The number of nitrogens with one attached hydrogen (secondary N) is 1. The van der Waals surface area contributed by atoms with Crippen LogP contribution in [0.15, 0.2) is 78.0 Å². The lowest BCUT2D eigenvalue weighted by atomic mass is 10.2. The highest BCUT2D eigenvalue weighted by molar-refractivity contribution is 7.99. The number of hydrogen-bond donors (Lipinski definition) is 1. The van der Waals surface area contributed by atoms with Crippen LogP contribution in [0.4, 0.5) is 5.69 Å². The largest absolute Gasteiger partial charge is 0.457 e. The van der Waals surface area contributed by atoms with Crippen LogP contribution >= 0.6 is 11.8 Å². The van der Waals surface area contributed by atoms with Crippen LogP contribution in [-0.4, -0.2) is 16.6 Å². The highest BCUT2D eigenvalue weighted by Crippen LogP contribution is 2.24. The molecule has 1 heterocycles. The van der Waals surface area contributed by atoms with Crippen molar-refractivity contribution in [3.63, 3.8) is 0 Å². The fourth-order valence-electron chi connectivity index (χ4n) is 2.19. The van der Waals surface area contributed by atoms with Crippen molar-refractivity contribution < 1.29 is 9.53 Å². The molecule has 0 atom stereocenters. The predicted molar refractivity (Wildman–Crippen MR) is 101 cm³/mol. The number of carbonyl (C=O) groups excluding carboxylic acids is 1. The Hall–Kier alpha value is -2.79. The zero-order valence-corrected chi connectivity index (χ0v) is 14.6. The Bertz CT molecular complexity index is 836. The lowest BCUT2D eigenvalue weighted by Crippen LogP contribution is -2.13. The van der Waals surface area contributed by atoms with E-state index >= 15 is 0 Å². The number of rotatable bonds is 6. The van der Waals surface area contributed by atoms with Crippen molar-refractivity contribution in [2.75, 3.05) is 11.1 Å². The number of thioether (sulfide) groups is 1. The van der Waals surface area contributed by atoms with Gasteiger partial charge in [0.25, 0.3) is 0 Å². The van der Waals surface area contributed by atoms with E-state index in [0.29, 0.717) is 5.75 Å². The predicted octanol–water partition coefficient (Wildman–Crippen LogP) is 4.91. The van der Waals surface area contributed by atoms with E-state index in [-0.39, 0.29) is 5.91 Å². The molecule has 5 heteroatoms. The number of anilines is 1. The van der Waals surface area contributed by atoms with E-state index in [1.54, 1.807) is 6.20 Å². The summed E-state index contributed by atoms with van der Waals surface area (Å²) in [5.41, 5.74) is 1.88. The highest BCUT2D eigenvalue weighted by atomic mass is 32.2. The summed E-state index contributed by atoms with van der Waals surface area (Å²) in [7, 11) is 0. The third-order valence-corrected chi connectivity index (χ3v) is 4.30. The molecule has 1 aromatic heterocycles. The second-order valence-electron chi connectivity index (χ2n) is 5.45. The second kappa shape index (κ2) is 8.35. The van der Waals surface area contributed by atoms with Gasteiger partial charge in [-0.05, 0) is 61.0 Å². The Morgan fingerprint density at radius 3 is 2.60 bits per heavy atom. The number of amides is 1. The highest BCUT2D eigenvalue weighted by Gasteiger charge is 2.05. The quantitative estimate of drug-likeness (QED) is 0.642. The molecule has 0 aliphatic rings. The molecular weight excluding hydrogens is 332 g/mol. The summed E-state index contributed by atoms with van der Waals surface area (Å²) in [6.07, 6.45) is 1.72. The van der Waals surface area contributed by atoms with Gasteiger partial charge < -0.3 is 10.1 Å². The Balaban J connectivity index is 1.52. The van der Waals surface area contributed by atoms with Crippen LogP contribution < -0.4 is 10.1 Å². The van der Waals surface area contributed by atoms with Crippen molar-refractivity contribution in [1.29, 1.82) is 0 Å². The van der Waals surface area contributed by atoms with Crippen LogP contribution in [-0.2, 0) is 4.79 Å².